The van der Waals surface area contributed by atoms with Crippen LogP contribution in [0.5, 0.6) is 0 Å². The highest BCUT2D eigenvalue weighted by Gasteiger charge is 2.27. The van der Waals surface area contributed by atoms with E-state index in [1.54, 1.807) is 13.8 Å². The van der Waals surface area contributed by atoms with Gasteiger partial charge < -0.3 is 5.73 Å². The molecule has 0 aliphatic rings. The zero-order valence-electron chi connectivity index (χ0n) is 11.0. The molecule has 0 saturated carbocycles. The predicted octanol–water partition coefficient (Wildman–Crippen LogP) is 1.01. The number of sulfonamides is 1. The Kier molecular flexibility index (Phi) is 5.43. The molecule has 0 bridgehead atoms. The molecule has 112 valence electrons. The fraction of sp³-hybridized carbons (Fsp3) is 0.455. The number of hydrogen-bond acceptors (Lipinski definition) is 4. The van der Waals surface area contributed by atoms with E-state index in [4.69, 9.17) is 17.3 Å². The standard InChI is InChI=1S/C11H15ClFN3O3S/c1-7(2)5-16(6-10(14)17)20(18,19)8-3-9(13)11(12)15-4-8/h3-4,7H,5-6H2,1-2H3,(H2,14,17). The third-order valence-electron chi connectivity index (χ3n) is 2.31. The fourth-order valence-corrected chi connectivity index (χ4v) is 3.15. The van der Waals surface area contributed by atoms with Crippen LogP contribution in [0.4, 0.5) is 4.39 Å². The Balaban J connectivity index is 3.20. The minimum Gasteiger partial charge on any atom is -0.369 e. The second-order valence-electron chi connectivity index (χ2n) is 4.60. The quantitative estimate of drug-likeness (QED) is 0.790. The van der Waals surface area contributed by atoms with Crippen LogP contribution in [-0.4, -0.2) is 36.7 Å². The molecule has 0 aromatic carbocycles. The lowest BCUT2D eigenvalue weighted by atomic mass is 10.2. The Hall–Kier alpha value is -1.25. The third-order valence-corrected chi connectivity index (χ3v) is 4.37. The first kappa shape index (κ1) is 16.8. The second-order valence-corrected chi connectivity index (χ2v) is 6.90. The maximum absolute atomic E-state index is 13.3. The van der Waals surface area contributed by atoms with Crippen LogP contribution in [0.2, 0.25) is 5.15 Å². The van der Waals surface area contributed by atoms with E-state index < -0.39 is 33.4 Å². The molecule has 0 atom stereocenters. The van der Waals surface area contributed by atoms with Gasteiger partial charge in [0.2, 0.25) is 15.9 Å². The van der Waals surface area contributed by atoms with Gasteiger partial charge in [0.25, 0.3) is 0 Å². The van der Waals surface area contributed by atoms with Crippen molar-refractivity contribution in [2.45, 2.75) is 18.7 Å². The molecule has 0 aliphatic carbocycles. The summed E-state index contributed by atoms with van der Waals surface area (Å²) in [6, 6.07) is 0.763. The number of nitrogens with zero attached hydrogens (tertiary/aromatic N) is 2. The zero-order valence-corrected chi connectivity index (χ0v) is 12.6. The molecule has 9 heteroatoms. The summed E-state index contributed by atoms with van der Waals surface area (Å²) in [6.45, 7) is 3.16. The molecule has 1 aromatic heterocycles. The third kappa shape index (κ3) is 4.12. The number of carbonyl (C=O) groups excluding carboxylic acids is 1. The summed E-state index contributed by atoms with van der Waals surface area (Å²) in [4.78, 5) is 14.1. The van der Waals surface area contributed by atoms with E-state index in [2.05, 4.69) is 4.98 Å². The summed E-state index contributed by atoms with van der Waals surface area (Å²) < 4.78 is 38.9. The van der Waals surface area contributed by atoms with Crippen LogP contribution in [0, 0.1) is 11.7 Å². The van der Waals surface area contributed by atoms with Crippen molar-refractivity contribution in [2.75, 3.05) is 13.1 Å². The maximum Gasteiger partial charge on any atom is 0.245 e. The molecule has 0 radical (unpaired) electrons. The van der Waals surface area contributed by atoms with E-state index in [0.29, 0.717) is 0 Å². The highest BCUT2D eigenvalue weighted by atomic mass is 35.5. The summed E-state index contributed by atoms with van der Waals surface area (Å²) in [5.74, 6) is -1.78. The van der Waals surface area contributed by atoms with Gasteiger partial charge >= 0.3 is 0 Å². The van der Waals surface area contributed by atoms with Gasteiger partial charge in [-0.3, -0.25) is 4.79 Å². The summed E-state index contributed by atoms with van der Waals surface area (Å²) in [5.41, 5.74) is 5.04. The Morgan fingerprint density at radius 2 is 2.15 bits per heavy atom. The largest absolute Gasteiger partial charge is 0.369 e. The van der Waals surface area contributed by atoms with Crippen molar-refractivity contribution in [3.63, 3.8) is 0 Å². The van der Waals surface area contributed by atoms with E-state index in [9.17, 15) is 17.6 Å². The summed E-state index contributed by atoms with van der Waals surface area (Å²) >= 11 is 5.41. The number of aromatic nitrogens is 1. The molecule has 1 amide bonds. The van der Waals surface area contributed by atoms with Gasteiger partial charge in [0, 0.05) is 12.7 Å². The van der Waals surface area contributed by atoms with Crippen LogP contribution >= 0.6 is 11.6 Å². The molecule has 0 saturated heterocycles. The molecule has 0 unspecified atom stereocenters. The number of pyridine rings is 1. The number of primary amides is 1. The van der Waals surface area contributed by atoms with E-state index in [-0.39, 0.29) is 17.4 Å². The number of amides is 1. The first-order chi connectivity index (χ1) is 9.14. The number of rotatable bonds is 6. The molecule has 6 nitrogen and oxygen atoms in total. The molecular weight excluding hydrogens is 309 g/mol. The molecule has 1 heterocycles. The van der Waals surface area contributed by atoms with Crippen molar-refractivity contribution in [1.82, 2.24) is 9.29 Å². The van der Waals surface area contributed by atoms with Crippen molar-refractivity contribution >= 4 is 27.5 Å². The van der Waals surface area contributed by atoms with Crippen molar-refractivity contribution in [3.8, 4) is 0 Å². The molecule has 20 heavy (non-hydrogen) atoms. The number of carbonyl (C=O) groups is 1. The number of nitrogens with two attached hydrogens (primary N) is 1. The van der Waals surface area contributed by atoms with Gasteiger partial charge in [-0.15, -0.1) is 0 Å². The average molecular weight is 324 g/mol. The van der Waals surface area contributed by atoms with E-state index >= 15 is 0 Å². The Morgan fingerprint density at radius 1 is 1.55 bits per heavy atom. The van der Waals surface area contributed by atoms with Gasteiger partial charge in [0.15, 0.2) is 11.0 Å². The summed E-state index contributed by atoms with van der Waals surface area (Å²) in [6.07, 6.45) is 0.940. The SMILES string of the molecule is CC(C)CN(CC(N)=O)S(=O)(=O)c1cnc(Cl)c(F)c1. The first-order valence-electron chi connectivity index (χ1n) is 5.74. The molecule has 1 aromatic rings. The highest BCUT2D eigenvalue weighted by molar-refractivity contribution is 7.89. The van der Waals surface area contributed by atoms with Gasteiger partial charge in [0.05, 0.1) is 6.54 Å². The monoisotopic (exact) mass is 323 g/mol. The molecule has 0 spiro atoms. The van der Waals surface area contributed by atoms with E-state index in [1.807, 2.05) is 0 Å². The van der Waals surface area contributed by atoms with Crippen LogP contribution in [0.1, 0.15) is 13.8 Å². The van der Waals surface area contributed by atoms with Gasteiger partial charge in [-0.1, -0.05) is 25.4 Å². The Bertz CT molecular complexity index is 607. The van der Waals surface area contributed by atoms with Gasteiger partial charge in [-0.2, -0.15) is 4.31 Å². The minimum atomic E-state index is -4.06. The van der Waals surface area contributed by atoms with Gasteiger partial charge in [-0.05, 0) is 12.0 Å². The van der Waals surface area contributed by atoms with Gasteiger partial charge in [-0.25, -0.2) is 17.8 Å². The lowest BCUT2D eigenvalue weighted by Crippen LogP contribution is -2.40. The maximum atomic E-state index is 13.3. The topological polar surface area (TPSA) is 93.4 Å². The van der Waals surface area contributed by atoms with Crippen molar-refractivity contribution in [1.29, 1.82) is 0 Å². The van der Waals surface area contributed by atoms with Crippen LogP contribution < -0.4 is 5.73 Å². The van der Waals surface area contributed by atoms with Crippen molar-refractivity contribution < 1.29 is 17.6 Å². The smallest absolute Gasteiger partial charge is 0.245 e. The zero-order chi connectivity index (χ0) is 15.5. The van der Waals surface area contributed by atoms with Crippen LogP contribution in [0.15, 0.2) is 17.2 Å². The summed E-state index contributed by atoms with van der Waals surface area (Å²) in [5, 5.41) is -0.422. The minimum absolute atomic E-state index is 0.0331. The fourth-order valence-electron chi connectivity index (χ4n) is 1.52. The first-order valence-corrected chi connectivity index (χ1v) is 7.56. The summed E-state index contributed by atoms with van der Waals surface area (Å²) in [7, 11) is -4.06. The molecule has 0 aliphatic heterocycles. The van der Waals surface area contributed by atoms with Gasteiger partial charge in [0.1, 0.15) is 4.90 Å². The lowest BCUT2D eigenvalue weighted by molar-refractivity contribution is -0.118. The molecule has 0 fully saturated rings. The highest BCUT2D eigenvalue weighted by Crippen LogP contribution is 2.20. The van der Waals surface area contributed by atoms with Crippen LogP contribution in [-0.2, 0) is 14.8 Å². The molecular formula is C11H15ClFN3O3S. The number of hydrogen-bond donors (Lipinski definition) is 1. The molecule has 1 rings (SSSR count). The molecule has 2 N–H and O–H groups in total. The lowest BCUT2D eigenvalue weighted by Gasteiger charge is -2.22. The Morgan fingerprint density at radius 3 is 2.60 bits per heavy atom. The average Bonchev–Trinajstić information content (AvgIpc) is 2.30. The Labute approximate surface area is 121 Å². The van der Waals surface area contributed by atoms with Crippen molar-refractivity contribution in [3.05, 3.63) is 23.2 Å². The normalized spacial score (nSPS) is 12.1. The van der Waals surface area contributed by atoms with Crippen LogP contribution in [0.25, 0.3) is 0 Å². The number of halogens is 2. The predicted molar refractivity (Wildman–Crippen MR) is 72.0 cm³/mol. The van der Waals surface area contributed by atoms with E-state index in [1.165, 1.54) is 0 Å². The van der Waals surface area contributed by atoms with Crippen LogP contribution in [0.3, 0.4) is 0 Å². The second kappa shape index (κ2) is 6.47. The van der Waals surface area contributed by atoms with E-state index in [0.717, 1.165) is 16.6 Å². The van der Waals surface area contributed by atoms with Crippen molar-refractivity contribution in [2.24, 2.45) is 11.7 Å².